The van der Waals surface area contributed by atoms with Gasteiger partial charge in [-0.25, -0.2) is 4.99 Å². The SMILES string of the molecule is CN1C(=O)C(=Nc2ccc(NC(=O)CC[C@H](N)C(=O)O)cc2)c2c1ccc[n+]2C. The van der Waals surface area contributed by atoms with Crippen molar-refractivity contribution in [3.05, 3.63) is 48.3 Å². The van der Waals surface area contributed by atoms with Crippen molar-refractivity contribution in [2.24, 2.45) is 17.8 Å². The molecule has 1 atom stereocenters. The van der Waals surface area contributed by atoms with E-state index >= 15 is 0 Å². The summed E-state index contributed by atoms with van der Waals surface area (Å²) in [6.45, 7) is 0. The van der Waals surface area contributed by atoms with Crippen LogP contribution in [0.3, 0.4) is 0 Å². The summed E-state index contributed by atoms with van der Waals surface area (Å²) >= 11 is 0. The summed E-state index contributed by atoms with van der Waals surface area (Å²) in [4.78, 5) is 41.3. The van der Waals surface area contributed by atoms with E-state index in [0.29, 0.717) is 17.1 Å². The maximum atomic E-state index is 12.6. The Morgan fingerprint density at radius 2 is 1.97 bits per heavy atom. The molecule has 1 aromatic heterocycles. The zero-order chi connectivity index (χ0) is 21.1. The van der Waals surface area contributed by atoms with Crippen LogP contribution in [0.1, 0.15) is 18.5 Å². The molecule has 1 aromatic carbocycles. The number of aliphatic imine (C=N–C) groups is 1. The fourth-order valence-electron chi connectivity index (χ4n) is 3.01. The van der Waals surface area contributed by atoms with Crippen molar-refractivity contribution in [1.82, 2.24) is 0 Å². The summed E-state index contributed by atoms with van der Waals surface area (Å²) < 4.78 is 1.85. The molecule has 9 heteroatoms. The van der Waals surface area contributed by atoms with E-state index in [4.69, 9.17) is 10.8 Å². The number of hydrogen-bond donors (Lipinski definition) is 3. The van der Waals surface area contributed by atoms with Crippen LogP contribution in [-0.2, 0) is 21.4 Å². The van der Waals surface area contributed by atoms with Crippen LogP contribution in [0.4, 0.5) is 17.1 Å². The van der Waals surface area contributed by atoms with Crippen molar-refractivity contribution in [3.8, 4) is 0 Å². The normalized spacial score (nSPS) is 15.3. The van der Waals surface area contributed by atoms with Gasteiger partial charge in [-0.3, -0.25) is 14.4 Å². The number of nitrogens with two attached hydrogens (primary N) is 1. The number of rotatable bonds is 6. The molecule has 0 spiro atoms. The van der Waals surface area contributed by atoms with Crippen LogP contribution >= 0.6 is 0 Å². The van der Waals surface area contributed by atoms with E-state index in [2.05, 4.69) is 10.3 Å². The first-order valence-electron chi connectivity index (χ1n) is 9.02. The lowest BCUT2D eigenvalue weighted by molar-refractivity contribution is -0.671. The number of pyridine rings is 1. The number of amides is 2. The maximum absolute atomic E-state index is 12.6. The zero-order valence-corrected chi connectivity index (χ0v) is 16.1. The molecule has 0 saturated heterocycles. The lowest BCUT2D eigenvalue weighted by Crippen LogP contribution is -2.35. The van der Waals surface area contributed by atoms with Gasteiger partial charge in [0.25, 0.3) is 11.6 Å². The zero-order valence-electron chi connectivity index (χ0n) is 16.1. The molecule has 0 saturated carbocycles. The predicted octanol–water partition coefficient (Wildman–Crippen LogP) is 0.739. The van der Waals surface area contributed by atoms with Crippen molar-refractivity contribution in [2.75, 3.05) is 17.3 Å². The Kier molecular flexibility index (Phi) is 5.69. The molecule has 0 bridgehead atoms. The van der Waals surface area contributed by atoms with Gasteiger partial charge in [0, 0.05) is 25.2 Å². The Bertz CT molecular complexity index is 1000. The standard InChI is InChI=1S/C20H21N5O4/c1-24-11-3-4-15-18(24)17(19(27)25(15)2)23-13-7-5-12(6-8-13)22-16(26)10-9-14(21)20(28)29/h3-8,11,14H,9-10,21H2,1-2H3,(H,28,29)/p+1/t14-/m0/s1. The van der Waals surface area contributed by atoms with Gasteiger partial charge in [-0.15, -0.1) is 0 Å². The molecule has 29 heavy (non-hydrogen) atoms. The minimum absolute atomic E-state index is 0.00559. The van der Waals surface area contributed by atoms with E-state index in [1.54, 1.807) is 36.2 Å². The van der Waals surface area contributed by atoms with Gasteiger partial charge in [-0.05, 0) is 36.8 Å². The maximum Gasteiger partial charge on any atom is 0.320 e. The fraction of sp³-hybridized carbons (Fsp3) is 0.250. The molecule has 2 amide bonds. The molecular weight excluding hydrogens is 374 g/mol. The molecule has 3 rings (SSSR count). The van der Waals surface area contributed by atoms with E-state index in [-0.39, 0.29) is 24.7 Å². The highest BCUT2D eigenvalue weighted by atomic mass is 16.4. The Morgan fingerprint density at radius 3 is 2.62 bits per heavy atom. The minimum Gasteiger partial charge on any atom is -0.480 e. The average Bonchev–Trinajstić information content (AvgIpc) is 2.93. The van der Waals surface area contributed by atoms with Crippen LogP contribution in [0.15, 0.2) is 47.6 Å². The Hall–Kier alpha value is -3.59. The summed E-state index contributed by atoms with van der Waals surface area (Å²) in [6.07, 6.45) is 1.92. The van der Waals surface area contributed by atoms with Crippen molar-refractivity contribution in [2.45, 2.75) is 18.9 Å². The number of aromatic nitrogens is 1. The molecule has 0 fully saturated rings. The second kappa shape index (κ2) is 8.19. The van der Waals surface area contributed by atoms with Gasteiger partial charge in [-0.2, -0.15) is 4.57 Å². The van der Waals surface area contributed by atoms with Gasteiger partial charge in [0.05, 0.1) is 5.69 Å². The van der Waals surface area contributed by atoms with Crippen molar-refractivity contribution in [3.63, 3.8) is 0 Å². The first-order chi connectivity index (χ1) is 13.8. The second-order valence-electron chi connectivity index (χ2n) is 6.76. The van der Waals surface area contributed by atoms with Crippen molar-refractivity contribution < 1.29 is 24.1 Å². The number of anilines is 2. The van der Waals surface area contributed by atoms with E-state index < -0.39 is 12.0 Å². The molecule has 1 aliphatic heterocycles. The number of carboxylic acid groups (broad SMARTS) is 1. The molecule has 150 valence electrons. The number of hydrogen-bond acceptors (Lipinski definition) is 5. The number of likely N-dealkylation sites (N-methyl/N-ethyl adjacent to an activating group) is 1. The van der Waals surface area contributed by atoms with Gasteiger partial charge >= 0.3 is 5.97 Å². The molecule has 2 aromatic rings. The number of fused-ring (bicyclic) bond motifs is 1. The van der Waals surface area contributed by atoms with E-state index in [0.717, 1.165) is 11.4 Å². The quantitative estimate of drug-likeness (QED) is 0.620. The number of nitrogens with one attached hydrogen (secondary N) is 1. The molecule has 0 unspecified atom stereocenters. The highest BCUT2D eigenvalue weighted by Crippen LogP contribution is 2.27. The fourth-order valence-corrected chi connectivity index (χ4v) is 3.01. The van der Waals surface area contributed by atoms with Gasteiger partial charge in [0.15, 0.2) is 6.20 Å². The Morgan fingerprint density at radius 1 is 1.28 bits per heavy atom. The molecule has 0 radical (unpaired) electrons. The van der Waals surface area contributed by atoms with Crippen LogP contribution < -0.4 is 20.5 Å². The minimum atomic E-state index is -1.14. The highest BCUT2D eigenvalue weighted by molar-refractivity contribution is 6.53. The number of benzene rings is 1. The summed E-state index contributed by atoms with van der Waals surface area (Å²) in [5.74, 6) is -1.65. The molecular formula is C20H22N5O4+. The third-order valence-corrected chi connectivity index (χ3v) is 4.64. The van der Waals surface area contributed by atoms with Crippen molar-refractivity contribution >= 4 is 40.6 Å². The summed E-state index contributed by atoms with van der Waals surface area (Å²) in [6, 6.07) is 9.40. The number of carbonyl (C=O) groups is 3. The summed E-state index contributed by atoms with van der Waals surface area (Å²) in [5.41, 5.74) is 8.40. The first kappa shape index (κ1) is 20.2. The predicted molar refractivity (Wildman–Crippen MR) is 107 cm³/mol. The van der Waals surface area contributed by atoms with Gasteiger partial charge in [0.1, 0.15) is 18.8 Å². The van der Waals surface area contributed by atoms with Crippen LogP contribution in [-0.4, -0.2) is 41.7 Å². The van der Waals surface area contributed by atoms with Gasteiger partial charge in [0.2, 0.25) is 11.6 Å². The molecule has 1 aliphatic rings. The molecule has 4 N–H and O–H groups in total. The second-order valence-corrected chi connectivity index (χ2v) is 6.76. The smallest absolute Gasteiger partial charge is 0.320 e. The summed E-state index contributed by atoms with van der Waals surface area (Å²) in [5, 5.41) is 11.4. The Balaban J connectivity index is 1.72. The van der Waals surface area contributed by atoms with Crippen LogP contribution in [0.5, 0.6) is 0 Å². The Labute approximate surface area is 167 Å². The monoisotopic (exact) mass is 396 g/mol. The lowest BCUT2D eigenvalue weighted by Gasteiger charge is -2.08. The summed E-state index contributed by atoms with van der Waals surface area (Å²) in [7, 11) is 3.56. The number of aryl methyl sites for hydroxylation is 1. The van der Waals surface area contributed by atoms with Crippen molar-refractivity contribution in [1.29, 1.82) is 0 Å². The number of carboxylic acids is 1. The highest BCUT2D eigenvalue weighted by Gasteiger charge is 2.38. The van der Waals surface area contributed by atoms with E-state index in [9.17, 15) is 14.4 Å². The lowest BCUT2D eigenvalue weighted by atomic mass is 10.1. The third kappa shape index (κ3) is 4.30. The van der Waals surface area contributed by atoms with Gasteiger partial charge < -0.3 is 21.1 Å². The number of nitrogens with zero attached hydrogens (tertiary/aromatic N) is 3. The first-order valence-corrected chi connectivity index (χ1v) is 9.02. The third-order valence-electron chi connectivity index (χ3n) is 4.64. The topological polar surface area (TPSA) is 129 Å². The van der Waals surface area contributed by atoms with Gasteiger partial charge in [-0.1, -0.05) is 0 Å². The number of carbonyl (C=O) groups excluding carboxylic acids is 2. The van der Waals surface area contributed by atoms with E-state index in [1.807, 2.05) is 29.9 Å². The van der Waals surface area contributed by atoms with Crippen LogP contribution in [0, 0.1) is 0 Å². The van der Waals surface area contributed by atoms with Crippen LogP contribution in [0.25, 0.3) is 0 Å². The molecule has 9 nitrogen and oxygen atoms in total. The van der Waals surface area contributed by atoms with Crippen LogP contribution in [0.2, 0.25) is 0 Å². The average molecular weight is 396 g/mol. The number of aliphatic carboxylic acids is 1. The van der Waals surface area contributed by atoms with E-state index in [1.165, 1.54) is 0 Å². The molecule has 0 aliphatic carbocycles. The molecule has 2 heterocycles. The largest absolute Gasteiger partial charge is 0.480 e.